The van der Waals surface area contributed by atoms with Crippen molar-refractivity contribution >= 4 is 0 Å². The fraction of sp³-hybridized carbons (Fsp3) is 1.00. The van der Waals surface area contributed by atoms with Crippen LogP contribution in [-0.2, 0) is 4.74 Å². The molecular weight excluding hydrogens is 214 g/mol. The maximum absolute atomic E-state index is 10.4. The fourth-order valence-corrected chi connectivity index (χ4v) is 2.84. The molecule has 0 amide bonds. The first-order chi connectivity index (χ1) is 7.94. The molecule has 1 aliphatic carbocycles. The zero-order valence-electron chi connectivity index (χ0n) is 12.1. The molecular formula is C14H29NO2. The molecule has 0 aromatic heterocycles. The van der Waals surface area contributed by atoms with Crippen molar-refractivity contribution in [3.05, 3.63) is 0 Å². The molecule has 0 spiro atoms. The van der Waals surface area contributed by atoms with E-state index in [0.717, 1.165) is 32.4 Å². The number of hydrogen-bond donors (Lipinski definition) is 1. The van der Waals surface area contributed by atoms with Crippen molar-refractivity contribution in [3.63, 3.8) is 0 Å². The highest BCUT2D eigenvalue weighted by Crippen LogP contribution is 2.40. The van der Waals surface area contributed by atoms with Crippen LogP contribution in [0.5, 0.6) is 0 Å². The minimum atomic E-state index is -0.214. The van der Waals surface area contributed by atoms with E-state index in [-0.39, 0.29) is 11.5 Å². The van der Waals surface area contributed by atoms with Crippen molar-refractivity contribution in [1.29, 1.82) is 0 Å². The first-order valence-electron chi connectivity index (χ1n) is 6.86. The molecule has 0 radical (unpaired) electrons. The third-order valence-corrected chi connectivity index (χ3v) is 4.39. The lowest BCUT2D eigenvalue weighted by Gasteiger charge is -2.37. The zero-order valence-corrected chi connectivity index (χ0v) is 12.1. The lowest BCUT2D eigenvalue weighted by atomic mass is 9.88. The summed E-state index contributed by atoms with van der Waals surface area (Å²) in [4.78, 5) is 2.43. The molecule has 0 bridgehead atoms. The Labute approximate surface area is 106 Å². The van der Waals surface area contributed by atoms with Gasteiger partial charge in [-0.05, 0) is 31.6 Å². The minimum Gasteiger partial charge on any atom is -0.391 e. The maximum atomic E-state index is 10.4. The highest BCUT2D eigenvalue weighted by atomic mass is 16.5. The second-order valence-electron chi connectivity index (χ2n) is 6.03. The van der Waals surface area contributed by atoms with Gasteiger partial charge < -0.3 is 9.84 Å². The van der Waals surface area contributed by atoms with Crippen LogP contribution in [-0.4, -0.2) is 48.5 Å². The SMILES string of the molecule is CCC(C)N(CCOC)C1CCC(C)(C)C1O. The first kappa shape index (κ1) is 14.9. The predicted molar refractivity (Wildman–Crippen MR) is 71.1 cm³/mol. The monoisotopic (exact) mass is 243 g/mol. The van der Waals surface area contributed by atoms with Crippen LogP contribution < -0.4 is 0 Å². The van der Waals surface area contributed by atoms with Crippen LogP contribution >= 0.6 is 0 Å². The van der Waals surface area contributed by atoms with E-state index >= 15 is 0 Å². The van der Waals surface area contributed by atoms with Gasteiger partial charge in [-0.25, -0.2) is 0 Å². The van der Waals surface area contributed by atoms with Gasteiger partial charge in [0.25, 0.3) is 0 Å². The smallest absolute Gasteiger partial charge is 0.0746 e. The van der Waals surface area contributed by atoms with Crippen LogP contribution in [0.25, 0.3) is 0 Å². The van der Waals surface area contributed by atoms with Crippen LogP contribution in [0.4, 0.5) is 0 Å². The standard InChI is InChI=1S/C14H29NO2/c1-6-11(2)15(9-10-17-5)12-7-8-14(3,4)13(12)16/h11-13,16H,6-10H2,1-5H3. The van der Waals surface area contributed by atoms with Crippen molar-refractivity contribution in [2.45, 2.75) is 65.1 Å². The van der Waals surface area contributed by atoms with E-state index in [1.54, 1.807) is 7.11 Å². The second-order valence-corrected chi connectivity index (χ2v) is 6.03. The van der Waals surface area contributed by atoms with Gasteiger partial charge in [0.15, 0.2) is 0 Å². The number of nitrogens with zero attached hydrogens (tertiary/aromatic N) is 1. The summed E-state index contributed by atoms with van der Waals surface area (Å²) in [5, 5.41) is 10.4. The van der Waals surface area contributed by atoms with Gasteiger partial charge in [-0.1, -0.05) is 20.8 Å². The molecule has 0 aromatic carbocycles. The van der Waals surface area contributed by atoms with Gasteiger partial charge in [0, 0.05) is 25.7 Å². The van der Waals surface area contributed by atoms with Crippen molar-refractivity contribution in [1.82, 2.24) is 4.90 Å². The van der Waals surface area contributed by atoms with Crippen molar-refractivity contribution in [3.8, 4) is 0 Å². The largest absolute Gasteiger partial charge is 0.391 e. The van der Waals surface area contributed by atoms with Gasteiger partial charge in [-0.2, -0.15) is 0 Å². The molecule has 0 saturated heterocycles. The Morgan fingerprint density at radius 3 is 2.53 bits per heavy atom. The van der Waals surface area contributed by atoms with E-state index in [1.165, 1.54) is 0 Å². The normalized spacial score (nSPS) is 29.8. The summed E-state index contributed by atoms with van der Waals surface area (Å²) < 4.78 is 5.19. The van der Waals surface area contributed by atoms with Gasteiger partial charge in [-0.3, -0.25) is 4.90 Å². The van der Waals surface area contributed by atoms with Gasteiger partial charge in [0.2, 0.25) is 0 Å². The zero-order chi connectivity index (χ0) is 13.1. The van der Waals surface area contributed by atoms with E-state index < -0.39 is 0 Å². The molecule has 3 atom stereocenters. The summed E-state index contributed by atoms with van der Waals surface area (Å²) in [5.74, 6) is 0. The van der Waals surface area contributed by atoms with Crippen LogP contribution in [0.15, 0.2) is 0 Å². The Bertz CT molecular complexity index is 230. The molecule has 1 rings (SSSR count). The Morgan fingerprint density at radius 1 is 1.47 bits per heavy atom. The van der Waals surface area contributed by atoms with Crippen molar-refractivity contribution < 1.29 is 9.84 Å². The Kier molecular flexibility index (Phi) is 5.42. The lowest BCUT2D eigenvalue weighted by molar-refractivity contribution is -0.00832. The summed E-state index contributed by atoms with van der Waals surface area (Å²) in [6, 6.07) is 0.814. The first-order valence-corrected chi connectivity index (χ1v) is 6.86. The number of hydrogen-bond acceptors (Lipinski definition) is 3. The number of aliphatic hydroxyl groups excluding tert-OH is 1. The van der Waals surface area contributed by atoms with Crippen molar-refractivity contribution in [2.75, 3.05) is 20.3 Å². The Hall–Kier alpha value is -0.120. The van der Waals surface area contributed by atoms with Gasteiger partial charge in [0.1, 0.15) is 0 Å². The molecule has 1 aliphatic rings. The number of methoxy groups -OCH3 is 1. The average molecular weight is 243 g/mol. The summed E-state index contributed by atoms with van der Waals surface area (Å²) in [5.41, 5.74) is 0.0590. The molecule has 3 heteroatoms. The lowest BCUT2D eigenvalue weighted by Crippen LogP contribution is -2.49. The summed E-state index contributed by atoms with van der Waals surface area (Å²) in [6.45, 7) is 10.5. The molecule has 1 N–H and O–H groups in total. The molecule has 1 saturated carbocycles. The number of rotatable bonds is 6. The summed E-state index contributed by atoms with van der Waals surface area (Å²) in [6.07, 6.45) is 3.11. The second kappa shape index (κ2) is 6.17. The average Bonchev–Trinajstić information content (AvgIpc) is 2.56. The fourth-order valence-electron chi connectivity index (χ4n) is 2.84. The third-order valence-electron chi connectivity index (χ3n) is 4.39. The molecule has 102 valence electrons. The van der Waals surface area contributed by atoms with Crippen LogP contribution in [0, 0.1) is 5.41 Å². The van der Waals surface area contributed by atoms with E-state index in [1.807, 2.05) is 0 Å². The van der Waals surface area contributed by atoms with E-state index in [2.05, 4.69) is 32.6 Å². The van der Waals surface area contributed by atoms with Gasteiger partial charge >= 0.3 is 0 Å². The van der Waals surface area contributed by atoms with Gasteiger partial charge in [0.05, 0.1) is 12.7 Å². The van der Waals surface area contributed by atoms with Crippen LogP contribution in [0.3, 0.4) is 0 Å². The molecule has 0 aliphatic heterocycles. The summed E-state index contributed by atoms with van der Waals surface area (Å²) >= 11 is 0. The summed E-state index contributed by atoms with van der Waals surface area (Å²) in [7, 11) is 1.74. The maximum Gasteiger partial charge on any atom is 0.0746 e. The molecule has 0 aromatic rings. The Balaban J connectivity index is 2.70. The molecule has 3 nitrogen and oxygen atoms in total. The van der Waals surface area contributed by atoms with Crippen molar-refractivity contribution in [2.24, 2.45) is 5.41 Å². The molecule has 3 unspecified atom stereocenters. The third kappa shape index (κ3) is 3.43. The van der Waals surface area contributed by atoms with E-state index in [4.69, 9.17) is 4.74 Å². The molecule has 1 fully saturated rings. The number of ether oxygens (including phenoxy) is 1. The van der Waals surface area contributed by atoms with Crippen LogP contribution in [0.1, 0.15) is 47.0 Å². The molecule has 0 heterocycles. The highest BCUT2D eigenvalue weighted by molar-refractivity contribution is 4.97. The van der Waals surface area contributed by atoms with E-state index in [9.17, 15) is 5.11 Å². The quantitative estimate of drug-likeness (QED) is 0.777. The number of aliphatic hydroxyl groups is 1. The molecule has 17 heavy (non-hydrogen) atoms. The minimum absolute atomic E-state index is 0.0590. The van der Waals surface area contributed by atoms with Gasteiger partial charge in [-0.15, -0.1) is 0 Å². The topological polar surface area (TPSA) is 32.7 Å². The van der Waals surface area contributed by atoms with E-state index in [0.29, 0.717) is 12.1 Å². The highest BCUT2D eigenvalue weighted by Gasteiger charge is 2.43. The Morgan fingerprint density at radius 2 is 2.12 bits per heavy atom. The predicted octanol–water partition coefficient (Wildman–Crippen LogP) is 2.28. The van der Waals surface area contributed by atoms with Crippen LogP contribution in [0.2, 0.25) is 0 Å².